The van der Waals surface area contributed by atoms with Gasteiger partial charge in [0.05, 0.1) is 17.4 Å². The van der Waals surface area contributed by atoms with E-state index < -0.39 is 6.61 Å². The van der Waals surface area contributed by atoms with E-state index in [4.69, 9.17) is 5.11 Å². The molecule has 0 spiro atoms. The van der Waals surface area contributed by atoms with Gasteiger partial charge in [-0.05, 0) is 18.1 Å². The van der Waals surface area contributed by atoms with E-state index in [9.17, 15) is 4.79 Å². The zero-order valence-corrected chi connectivity index (χ0v) is 11.5. The summed E-state index contributed by atoms with van der Waals surface area (Å²) in [5.74, 6) is -0.222. The van der Waals surface area contributed by atoms with Crippen molar-refractivity contribution < 1.29 is 9.90 Å². The molecule has 1 aromatic rings. The Bertz CT molecular complexity index is 718. The summed E-state index contributed by atoms with van der Waals surface area (Å²) in [7, 11) is 0. The van der Waals surface area contributed by atoms with Crippen LogP contribution in [0.2, 0.25) is 0 Å². The average Bonchev–Trinajstić information content (AvgIpc) is 2.92. The van der Waals surface area contributed by atoms with Crippen LogP contribution in [0.5, 0.6) is 0 Å². The number of benzene rings is 1. The number of aliphatic hydroxyl groups excluding tert-OH is 1. The number of dihydropyridines is 1. The Morgan fingerprint density at radius 1 is 1.38 bits per heavy atom. The molecule has 1 unspecified atom stereocenters. The summed E-state index contributed by atoms with van der Waals surface area (Å²) in [6.45, 7) is 0.752. The second kappa shape index (κ2) is 4.63. The molecule has 5 heteroatoms. The molecule has 1 fully saturated rings. The fraction of sp³-hybridized carbons (Fsp3) is 0.312. The summed E-state index contributed by atoms with van der Waals surface area (Å²) in [6.07, 6.45) is 2.60. The maximum atomic E-state index is 11.7. The number of amides is 1. The van der Waals surface area contributed by atoms with Gasteiger partial charge in [-0.15, -0.1) is 0 Å². The van der Waals surface area contributed by atoms with Gasteiger partial charge < -0.3 is 10.0 Å². The van der Waals surface area contributed by atoms with Crippen molar-refractivity contribution in [2.75, 3.05) is 19.7 Å². The molecule has 1 saturated heterocycles. The lowest BCUT2D eigenvalue weighted by Gasteiger charge is -2.35. The van der Waals surface area contributed by atoms with E-state index in [0.29, 0.717) is 13.1 Å². The second-order valence-electron chi connectivity index (χ2n) is 5.46. The zero-order chi connectivity index (χ0) is 14.4. The molecule has 0 aromatic heterocycles. The summed E-state index contributed by atoms with van der Waals surface area (Å²) in [5, 5.41) is 9.00. The van der Waals surface area contributed by atoms with E-state index in [1.807, 2.05) is 24.4 Å². The molecular formula is C16H15N3O2. The molecule has 3 aliphatic heterocycles. The highest BCUT2D eigenvalue weighted by Crippen LogP contribution is 2.40. The third kappa shape index (κ3) is 1.85. The van der Waals surface area contributed by atoms with Crippen molar-refractivity contribution in [3.8, 4) is 0 Å². The number of carbonyl (C=O) groups is 1. The number of hydrogen-bond donors (Lipinski definition) is 1. The number of carbonyl (C=O) groups excluding carboxylic acids is 1. The van der Waals surface area contributed by atoms with Gasteiger partial charge in [0.15, 0.2) is 0 Å². The molecule has 106 valence electrons. The number of likely N-dealkylation sites (tertiary alicyclic amines) is 1. The summed E-state index contributed by atoms with van der Waals surface area (Å²) >= 11 is 0. The Balaban J connectivity index is 1.73. The van der Waals surface area contributed by atoms with E-state index in [1.54, 1.807) is 4.90 Å². The van der Waals surface area contributed by atoms with Gasteiger partial charge in [-0.3, -0.25) is 9.79 Å². The highest BCUT2D eigenvalue weighted by Gasteiger charge is 2.34. The third-order valence-electron chi connectivity index (χ3n) is 4.30. The van der Waals surface area contributed by atoms with E-state index in [1.165, 1.54) is 16.7 Å². The molecule has 21 heavy (non-hydrogen) atoms. The second-order valence-corrected chi connectivity index (χ2v) is 5.46. The molecule has 0 aliphatic carbocycles. The summed E-state index contributed by atoms with van der Waals surface area (Å²) in [4.78, 5) is 22.5. The molecule has 1 atom stereocenters. The monoisotopic (exact) mass is 281 g/mol. The number of para-hydroxylation sites is 1. The molecule has 0 radical (unpaired) electrons. The van der Waals surface area contributed by atoms with Crippen LogP contribution in [0.15, 0.2) is 39.8 Å². The summed E-state index contributed by atoms with van der Waals surface area (Å²) in [5.41, 5.74) is 5.56. The van der Waals surface area contributed by atoms with Crippen molar-refractivity contribution in [2.24, 2.45) is 9.98 Å². The third-order valence-corrected chi connectivity index (χ3v) is 4.30. The Labute approximate surface area is 122 Å². The Morgan fingerprint density at radius 2 is 2.24 bits per heavy atom. The highest BCUT2D eigenvalue weighted by atomic mass is 16.3. The van der Waals surface area contributed by atoms with Crippen LogP contribution in [-0.2, 0) is 4.79 Å². The number of rotatable bonds is 1. The molecule has 3 heterocycles. The van der Waals surface area contributed by atoms with E-state index in [0.717, 1.165) is 17.8 Å². The van der Waals surface area contributed by atoms with Crippen LogP contribution in [0.25, 0.3) is 5.57 Å². The van der Waals surface area contributed by atoms with Crippen molar-refractivity contribution in [1.82, 2.24) is 4.90 Å². The molecule has 0 bridgehead atoms. The van der Waals surface area contributed by atoms with Gasteiger partial charge in [-0.2, -0.15) is 0 Å². The standard InChI is InChI=1S/C16H15N3O2/c20-9-15(21)19-6-5-11-14(8-19)17-7-13-16(11)10-3-1-2-4-12(10)18-13/h1-4,7,14,20H,5-6,8-9H2. The predicted octanol–water partition coefficient (Wildman–Crippen LogP) is 1.20. The first kappa shape index (κ1) is 12.5. The maximum Gasteiger partial charge on any atom is 0.248 e. The van der Waals surface area contributed by atoms with Crippen LogP contribution in [-0.4, -0.2) is 53.6 Å². The van der Waals surface area contributed by atoms with Gasteiger partial charge in [-0.1, -0.05) is 18.2 Å². The number of piperidine rings is 1. The van der Waals surface area contributed by atoms with Crippen LogP contribution in [0, 0.1) is 0 Å². The fourth-order valence-corrected chi connectivity index (χ4v) is 3.29. The van der Waals surface area contributed by atoms with Crippen molar-refractivity contribution in [3.63, 3.8) is 0 Å². The van der Waals surface area contributed by atoms with Gasteiger partial charge >= 0.3 is 0 Å². The van der Waals surface area contributed by atoms with Crippen LogP contribution in [0.4, 0.5) is 5.69 Å². The minimum atomic E-state index is -0.433. The minimum Gasteiger partial charge on any atom is -0.387 e. The summed E-state index contributed by atoms with van der Waals surface area (Å²) < 4.78 is 0. The molecule has 3 aliphatic rings. The first-order chi connectivity index (χ1) is 10.3. The number of nitrogens with zero attached hydrogens (tertiary/aromatic N) is 3. The Hall–Kier alpha value is -2.27. The molecule has 1 aromatic carbocycles. The Kier molecular flexibility index (Phi) is 2.75. The predicted molar refractivity (Wildman–Crippen MR) is 81.0 cm³/mol. The topological polar surface area (TPSA) is 65.3 Å². The molecule has 1 amide bonds. The number of aliphatic imine (C=N–C) groups is 2. The first-order valence-electron chi connectivity index (χ1n) is 7.11. The first-order valence-corrected chi connectivity index (χ1v) is 7.11. The maximum absolute atomic E-state index is 11.7. The number of aliphatic hydroxyl groups is 1. The largest absolute Gasteiger partial charge is 0.387 e. The molecule has 4 rings (SSSR count). The van der Waals surface area contributed by atoms with Crippen LogP contribution >= 0.6 is 0 Å². The summed E-state index contributed by atoms with van der Waals surface area (Å²) in [6, 6.07) is 8.12. The average molecular weight is 281 g/mol. The molecule has 1 N–H and O–H groups in total. The lowest BCUT2D eigenvalue weighted by Crippen LogP contribution is -2.45. The van der Waals surface area contributed by atoms with Crippen LogP contribution < -0.4 is 0 Å². The molecular weight excluding hydrogens is 266 g/mol. The van der Waals surface area contributed by atoms with Gasteiger partial charge in [0, 0.05) is 30.4 Å². The van der Waals surface area contributed by atoms with E-state index in [-0.39, 0.29) is 11.9 Å². The number of fused-ring (bicyclic) bond motifs is 4. The van der Waals surface area contributed by atoms with Crippen molar-refractivity contribution >= 4 is 29.1 Å². The quantitative estimate of drug-likeness (QED) is 0.840. The number of allylic oxidation sites excluding steroid dienone is 1. The zero-order valence-electron chi connectivity index (χ0n) is 11.5. The molecule has 5 nitrogen and oxygen atoms in total. The normalized spacial score (nSPS) is 22.6. The highest BCUT2D eigenvalue weighted by molar-refractivity contribution is 6.54. The van der Waals surface area contributed by atoms with Gasteiger partial charge in [0.2, 0.25) is 5.91 Å². The fourth-order valence-electron chi connectivity index (χ4n) is 3.29. The van der Waals surface area contributed by atoms with Gasteiger partial charge in [0.1, 0.15) is 6.61 Å². The smallest absolute Gasteiger partial charge is 0.248 e. The molecule has 0 saturated carbocycles. The van der Waals surface area contributed by atoms with Gasteiger partial charge in [-0.25, -0.2) is 4.99 Å². The lowest BCUT2D eigenvalue weighted by molar-refractivity contribution is -0.134. The van der Waals surface area contributed by atoms with E-state index in [2.05, 4.69) is 16.1 Å². The Morgan fingerprint density at radius 3 is 3.10 bits per heavy atom. The van der Waals surface area contributed by atoms with Crippen molar-refractivity contribution in [1.29, 1.82) is 0 Å². The van der Waals surface area contributed by atoms with Crippen molar-refractivity contribution in [2.45, 2.75) is 12.5 Å². The number of hydrogen-bond acceptors (Lipinski definition) is 4. The van der Waals surface area contributed by atoms with Gasteiger partial charge in [0.25, 0.3) is 0 Å². The minimum absolute atomic E-state index is 0.00523. The van der Waals surface area contributed by atoms with Crippen LogP contribution in [0.1, 0.15) is 12.0 Å². The lowest BCUT2D eigenvalue weighted by atomic mass is 9.86. The van der Waals surface area contributed by atoms with Crippen LogP contribution in [0.3, 0.4) is 0 Å². The SMILES string of the molecule is O=C(CO)N1CCC2=C3C(=Nc4ccccc43)C=NC2C1. The van der Waals surface area contributed by atoms with Crippen molar-refractivity contribution in [3.05, 3.63) is 35.4 Å². The van der Waals surface area contributed by atoms with E-state index >= 15 is 0 Å².